The van der Waals surface area contributed by atoms with E-state index in [9.17, 15) is 4.79 Å². The van der Waals surface area contributed by atoms with Crippen LogP contribution < -0.4 is 0 Å². The zero-order valence-corrected chi connectivity index (χ0v) is 7.19. The van der Waals surface area contributed by atoms with Gasteiger partial charge in [-0.15, -0.1) is 0 Å². The molecule has 5 nitrogen and oxygen atoms in total. The van der Waals surface area contributed by atoms with Gasteiger partial charge in [-0.3, -0.25) is 9.63 Å². The molecular formula is C8H11N3O2. The average molecular weight is 181 g/mol. The molecule has 2 heterocycles. The highest BCUT2D eigenvalue weighted by Crippen LogP contribution is 2.09. The number of carbonyl (C=O) groups is 1. The molecule has 0 aromatic carbocycles. The maximum atomic E-state index is 11.6. The van der Waals surface area contributed by atoms with Gasteiger partial charge < -0.3 is 4.98 Å². The molecule has 1 N–H and O–H groups in total. The van der Waals surface area contributed by atoms with Gasteiger partial charge in [-0.1, -0.05) is 0 Å². The Morgan fingerprint density at radius 2 is 2.54 bits per heavy atom. The lowest BCUT2D eigenvalue weighted by atomic mass is 10.3. The van der Waals surface area contributed by atoms with Gasteiger partial charge in [0.1, 0.15) is 5.69 Å². The number of nitrogens with one attached hydrogen (secondary N) is 1. The van der Waals surface area contributed by atoms with E-state index in [4.69, 9.17) is 4.84 Å². The number of nitrogens with zero attached hydrogens (tertiary/aromatic N) is 2. The van der Waals surface area contributed by atoms with E-state index in [1.165, 1.54) is 17.6 Å². The van der Waals surface area contributed by atoms with Crippen molar-refractivity contribution in [3.05, 3.63) is 18.2 Å². The van der Waals surface area contributed by atoms with Crippen LogP contribution in [-0.2, 0) is 4.84 Å². The Bertz CT molecular complexity index is 278. The molecule has 1 amide bonds. The van der Waals surface area contributed by atoms with Crippen molar-refractivity contribution in [2.75, 3.05) is 13.2 Å². The van der Waals surface area contributed by atoms with Crippen molar-refractivity contribution < 1.29 is 9.63 Å². The summed E-state index contributed by atoms with van der Waals surface area (Å²) in [5.74, 6) is -0.141. The summed E-state index contributed by atoms with van der Waals surface area (Å²) < 4.78 is 0. The van der Waals surface area contributed by atoms with E-state index in [2.05, 4.69) is 9.97 Å². The number of aromatic nitrogens is 2. The molecule has 70 valence electrons. The summed E-state index contributed by atoms with van der Waals surface area (Å²) in [7, 11) is 0. The molecule has 2 rings (SSSR count). The maximum absolute atomic E-state index is 11.6. The highest BCUT2D eigenvalue weighted by Gasteiger charge is 2.19. The summed E-state index contributed by atoms with van der Waals surface area (Å²) in [5.41, 5.74) is 0.474. The SMILES string of the molecule is O=C(c1cnc[nH]1)N1CCCCO1. The van der Waals surface area contributed by atoms with Gasteiger partial charge in [0.05, 0.1) is 19.1 Å². The molecule has 0 unspecified atom stereocenters. The molecular weight excluding hydrogens is 170 g/mol. The fourth-order valence-corrected chi connectivity index (χ4v) is 1.26. The van der Waals surface area contributed by atoms with Crippen LogP contribution in [0.3, 0.4) is 0 Å². The van der Waals surface area contributed by atoms with Gasteiger partial charge in [-0.2, -0.15) is 0 Å². The molecule has 0 radical (unpaired) electrons. The number of rotatable bonds is 1. The molecule has 5 heteroatoms. The summed E-state index contributed by atoms with van der Waals surface area (Å²) in [6.07, 6.45) is 5.00. The van der Waals surface area contributed by atoms with Crippen molar-refractivity contribution in [2.24, 2.45) is 0 Å². The van der Waals surface area contributed by atoms with E-state index in [-0.39, 0.29) is 5.91 Å². The lowest BCUT2D eigenvalue weighted by Gasteiger charge is -2.25. The summed E-state index contributed by atoms with van der Waals surface area (Å²) in [6.45, 7) is 1.29. The van der Waals surface area contributed by atoms with Crippen molar-refractivity contribution in [1.82, 2.24) is 15.0 Å². The first-order valence-electron chi connectivity index (χ1n) is 4.31. The van der Waals surface area contributed by atoms with Crippen LogP contribution in [0.25, 0.3) is 0 Å². The summed E-state index contributed by atoms with van der Waals surface area (Å²) in [6, 6.07) is 0. The predicted octanol–water partition coefficient (Wildman–Crippen LogP) is 0.577. The zero-order chi connectivity index (χ0) is 9.10. The minimum Gasteiger partial charge on any atom is -0.341 e. The maximum Gasteiger partial charge on any atom is 0.295 e. The van der Waals surface area contributed by atoms with Crippen LogP contribution in [0.1, 0.15) is 23.3 Å². The van der Waals surface area contributed by atoms with Crippen LogP contribution >= 0.6 is 0 Å². The highest BCUT2D eigenvalue weighted by atomic mass is 16.7. The van der Waals surface area contributed by atoms with Crippen molar-refractivity contribution in [3.8, 4) is 0 Å². The van der Waals surface area contributed by atoms with Crippen LogP contribution in [0, 0.1) is 0 Å². The van der Waals surface area contributed by atoms with Crippen LogP contribution in [0.4, 0.5) is 0 Å². The number of hydroxylamine groups is 2. The third-order valence-electron chi connectivity index (χ3n) is 1.96. The van der Waals surface area contributed by atoms with Crippen molar-refractivity contribution in [2.45, 2.75) is 12.8 Å². The number of imidazole rings is 1. The zero-order valence-electron chi connectivity index (χ0n) is 7.19. The van der Waals surface area contributed by atoms with Gasteiger partial charge in [0, 0.05) is 6.54 Å². The second-order valence-electron chi connectivity index (χ2n) is 2.91. The van der Waals surface area contributed by atoms with Gasteiger partial charge in [0.2, 0.25) is 0 Å². The summed E-state index contributed by atoms with van der Waals surface area (Å²) in [5, 5.41) is 1.39. The number of carbonyl (C=O) groups excluding carboxylic acids is 1. The Labute approximate surface area is 75.7 Å². The molecule has 1 aromatic heterocycles. The number of hydrogen-bond donors (Lipinski definition) is 1. The lowest BCUT2D eigenvalue weighted by Crippen LogP contribution is -2.35. The average Bonchev–Trinajstić information content (AvgIpc) is 2.71. The Hall–Kier alpha value is -1.36. The normalized spacial score (nSPS) is 17.4. The van der Waals surface area contributed by atoms with Crippen LogP contribution in [0.15, 0.2) is 12.5 Å². The smallest absolute Gasteiger partial charge is 0.295 e. The van der Waals surface area contributed by atoms with Crippen molar-refractivity contribution >= 4 is 5.91 Å². The number of amides is 1. The molecule has 0 saturated carbocycles. The van der Waals surface area contributed by atoms with Crippen molar-refractivity contribution in [1.29, 1.82) is 0 Å². The Morgan fingerprint density at radius 3 is 3.15 bits per heavy atom. The number of H-pyrrole nitrogens is 1. The minimum absolute atomic E-state index is 0.141. The molecule has 0 aliphatic carbocycles. The molecule has 0 atom stereocenters. The Morgan fingerprint density at radius 1 is 1.62 bits per heavy atom. The fourth-order valence-electron chi connectivity index (χ4n) is 1.26. The minimum atomic E-state index is -0.141. The second kappa shape index (κ2) is 3.57. The molecule has 13 heavy (non-hydrogen) atoms. The Kier molecular flexibility index (Phi) is 2.27. The van der Waals surface area contributed by atoms with Gasteiger partial charge in [0.15, 0.2) is 0 Å². The first kappa shape index (κ1) is 8.25. The number of aromatic amines is 1. The fraction of sp³-hybridized carbons (Fsp3) is 0.500. The highest BCUT2D eigenvalue weighted by molar-refractivity contribution is 5.91. The summed E-state index contributed by atoms with van der Waals surface area (Å²) in [4.78, 5) is 23.3. The molecule has 1 aliphatic rings. The summed E-state index contributed by atoms with van der Waals surface area (Å²) >= 11 is 0. The third kappa shape index (κ3) is 1.70. The van der Waals surface area contributed by atoms with Gasteiger partial charge in [-0.25, -0.2) is 10.0 Å². The quantitative estimate of drug-likeness (QED) is 0.689. The standard InChI is InChI=1S/C8H11N3O2/c12-8(7-5-9-6-10-7)11-3-1-2-4-13-11/h5-6H,1-4H2,(H,9,10). The third-order valence-corrected chi connectivity index (χ3v) is 1.96. The second-order valence-corrected chi connectivity index (χ2v) is 2.91. The van der Waals surface area contributed by atoms with Crippen LogP contribution in [0.2, 0.25) is 0 Å². The van der Waals surface area contributed by atoms with E-state index in [0.717, 1.165) is 12.8 Å². The Balaban J connectivity index is 2.04. The molecule has 1 aliphatic heterocycles. The topological polar surface area (TPSA) is 58.2 Å². The largest absolute Gasteiger partial charge is 0.341 e. The molecule has 1 aromatic rings. The van der Waals surface area contributed by atoms with E-state index in [1.807, 2.05) is 0 Å². The lowest BCUT2D eigenvalue weighted by molar-refractivity contribution is -0.144. The van der Waals surface area contributed by atoms with E-state index in [0.29, 0.717) is 18.8 Å². The molecule has 1 fully saturated rings. The molecule has 0 bridgehead atoms. The van der Waals surface area contributed by atoms with Gasteiger partial charge in [-0.05, 0) is 12.8 Å². The molecule has 0 spiro atoms. The number of hydrogen-bond acceptors (Lipinski definition) is 3. The van der Waals surface area contributed by atoms with Crippen LogP contribution in [-0.4, -0.2) is 34.1 Å². The first-order chi connectivity index (χ1) is 6.38. The monoisotopic (exact) mass is 181 g/mol. The van der Waals surface area contributed by atoms with Gasteiger partial charge in [0.25, 0.3) is 5.91 Å². The van der Waals surface area contributed by atoms with E-state index in [1.54, 1.807) is 0 Å². The van der Waals surface area contributed by atoms with Crippen LogP contribution in [0.5, 0.6) is 0 Å². The molecule has 1 saturated heterocycles. The van der Waals surface area contributed by atoms with Gasteiger partial charge >= 0.3 is 0 Å². The van der Waals surface area contributed by atoms with Crippen molar-refractivity contribution in [3.63, 3.8) is 0 Å². The van der Waals surface area contributed by atoms with E-state index >= 15 is 0 Å². The predicted molar refractivity (Wildman–Crippen MR) is 44.8 cm³/mol. The first-order valence-corrected chi connectivity index (χ1v) is 4.31. The van der Waals surface area contributed by atoms with E-state index < -0.39 is 0 Å².